The van der Waals surface area contributed by atoms with Gasteiger partial charge in [0.25, 0.3) is 0 Å². The van der Waals surface area contributed by atoms with Crippen molar-refractivity contribution in [3.05, 3.63) is 89.7 Å². The minimum absolute atomic E-state index is 0.289. The zero-order valence-corrected chi connectivity index (χ0v) is 15.0. The highest BCUT2D eigenvalue weighted by molar-refractivity contribution is 7.90. The maximum absolute atomic E-state index is 11.7. The van der Waals surface area contributed by atoms with Crippen molar-refractivity contribution in [2.24, 2.45) is 0 Å². The number of benzene rings is 2. The Bertz CT molecular complexity index is 1090. The van der Waals surface area contributed by atoms with Crippen molar-refractivity contribution in [3.8, 4) is 5.75 Å². The zero-order chi connectivity index (χ0) is 18.1. The van der Waals surface area contributed by atoms with E-state index in [0.29, 0.717) is 12.2 Å². The molecule has 0 N–H and O–H groups in total. The third kappa shape index (κ3) is 3.13. The van der Waals surface area contributed by atoms with Gasteiger partial charge in [0.15, 0.2) is 9.84 Å². The van der Waals surface area contributed by atoms with E-state index in [1.807, 2.05) is 42.5 Å². The number of pyridine rings is 1. The summed E-state index contributed by atoms with van der Waals surface area (Å²) in [6.45, 7) is 0. The van der Waals surface area contributed by atoms with E-state index in [1.54, 1.807) is 30.5 Å². The first-order valence-corrected chi connectivity index (χ1v) is 10.1. The van der Waals surface area contributed by atoms with Gasteiger partial charge in [0.1, 0.15) is 11.5 Å². The number of hydrogen-bond donors (Lipinski definition) is 0. The summed E-state index contributed by atoms with van der Waals surface area (Å²) >= 11 is 0. The van der Waals surface area contributed by atoms with Crippen LogP contribution in [0.5, 0.6) is 5.75 Å². The maximum Gasteiger partial charge on any atom is 0.175 e. The van der Waals surface area contributed by atoms with Crippen LogP contribution in [0.3, 0.4) is 0 Å². The van der Waals surface area contributed by atoms with Crippen molar-refractivity contribution in [2.75, 3.05) is 6.26 Å². The lowest BCUT2D eigenvalue weighted by Crippen LogP contribution is -2.10. The molecule has 0 radical (unpaired) electrons. The fourth-order valence-electron chi connectivity index (χ4n) is 3.03. The summed E-state index contributed by atoms with van der Waals surface area (Å²) in [7, 11) is -3.23. The molecule has 0 amide bonds. The first kappa shape index (κ1) is 16.5. The van der Waals surface area contributed by atoms with Gasteiger partial charge in [-0.3, -0.25) is 4.98 Å². The number of ether oxygens (including phenoxy) is 1. The minimum Gasteiger partial charge on any atom is -0.456 e. The fraction of sp³-hybridized carbons (Fsp3) is 0.0952. The lowest BCUT2D eigenvalue weighted by molar-refractivity contribution is 0.502. The van der Waals surface area contributed by atoms with Gasteiger partial charge in [-0.05, 0) is 48.0 Å². The Balaban J connectivity index is 1.85. The quantitative estimate of drug-likeness (QED) is 0.706. The molecule has 4 rings (SSSR count). The van der Waals surface area contributed by atoms with Crippen LogP contribution in [-0.4, -0.2) is 19.7 Å². The zero-order valence-electron chi connectivity index (χ0n) is 14.2. The third-order valence-electron chi connectivity index (χ3n) is 4.34. The van der Waals surface area contributed by atoms with Crippen LogP contribution in [0.1, 0.15) is 16.8 Å². The molecule has 0 unspecified atom stereocenters. The van der Waals surface area contributed by atoms with E-state index in [2.05, 4.69) is 4.98 Å². The number of aromatic nitrogens is 1. The number of hydrogen-bond acceptors (Lipinski definition) is 4. The molecule has 4 nitrogen and oxygen atoms in total. The number of allylic oxidation sites excluding steroid dienone is 1. The summed E-state index contributed by atoms with van der Waals surface area (Å²) in [5, 5.41) is 0. The van der Waals surface area contributed by atoms with Crippen LogP contribution in [0.4, 0.5) is 0 Å². The molecule has 0 saturated carbocycles. The molecule has 5 heteroatoms. The number of nitrogens with zero attached hydrogens (tertiary/aromatic N) is 1. The molecule has 1 aliphatic rings. The Morgan fingerprint density at radius 1 is 0.923 bits per heavy atom. The molecule has 0 fully saturated rings. The average Bonchev–Trinajstić information content (AvgIpc) is 2.67. The first-order chi connectivity index (χ1) is 12.5. The molecule has 1 aromatic heterocycles. The molecule has 0 saturated heterocycles. The number of rotatable bonds is 3. The van der Waals surface area contributed by atoms with Gasteiger partial charge in [-0.25, -0.2) is 8.42 Å². The normalized spacial score (nSPS) is 13.9. The molecule has 0 atom stereocenters. The predicted molar refractivity (Wildman–Crippen MR) is 101 cm³/mol. The van der Waals surface area contributed by atoms with Crippen LogP contribution >= 0.6 is 0 Å². The van der Waals surface area contributed by atoms with E-state index in [4.69, 9.17) is 4.74 Å². The van der Waals surface area contributed by atoms with Crippen LogP contribution in [0.25, 0.3) is 11.3 Å². The minimum atomic E-state index is -3.23. The molecular weight excluding hydrogens is 346 g/mol. The van der Waals surface area contributed by atoms with Gasteiger partial charge in [0.05, 0.1) is 10.6 Å². The molecule has 3 aromatic rings. The molecular formula is C21H17NO3S. The van der Waals surface area contributed by atoms with Crippen molar-refractivity contribution in [1.29, 1.82) is 0 Å². The Morgan fingerprint density at radius 2 is 1.65 bits per heavy atom. The van der Waals surface area contributed by atoms with Crippen molar-refractivity contribution in [3.63, 3.8) is 0 Å². The number of para-hydroxylation sites is 1. The Labute approximate surface area is 152 Å². The summed E-state index contributed by atoms with van der Waals surface area (Å²) in [6.07, 6.45) is 3.66. The van der Waals surface area contributed by atoms with Crippen molar-refractivity contribution in [2.45, 2.75) is 11.3 Å². The standard InChI is InChI=1S/C21H17NO3S/c1-26(23,24)17-11-9-15(10-12-17)21-18(19-7-4-5-13-22-19)14-16-6-2-3-8-20(16)25-21/h2-13H,14H2,1H3. The topological polar surface area (TPSA) is 56.3 Å². The highest BCUT2D eigenvalue weighted by atomic mass is 32.2. The number of sulfone groups is 1. The highest BCUT2D eigenvalue weighted by Crippen LogP contribution is 2.38. The van der Waals surface area contributed by atoms with Gasteiger partial charge < -0.3 is 4.74 Å². The van der Waals surface area contributed by atoms with Crippen molar-refractivity contribution >= 4 is 21.2 Å². The van der Waals surface area contributed by atoms with Crippen LogP contribution < -0.4 is 4.74 Å². The Kier molecular flexibility index (Phi) is 4.09. The second kappa shape index (κ2) is 6.42. The maximum atomic E-state index is 11.7. The Morgan fingerprint density at radius 3 is 2.35 bits per heavy atom. The molecule has 2 aromatic carbocycles. The molecule has 0 aliphatic carbocycles. The SMILES string of the molecule is CS(=O)(=O)c1ccc(C2=C(c3ccccn3)Cc3ccccc3O2)cc1. The van der Waals surface area contributed by atoms with Gasteiger partial charge in [0, 0.05) is 30.0 Å². The molecule has 26 heavy (non-hydrogen) atoms. The van der Waals surface area contributed by atoms with Crippen molar-refractivity contribution in [1.82, 2.24) is 4.98 Å². The largest absolute Gasteiger partial charge is 0.456 e. The summed E-state index contributed by atoms with van der Waals surface area (Å²) in [6, 6.07) is 20.5. The second-order valence-electron chi connectivity index (χ2n) is 6.21. The van der Waals surface area contributed by atoms with Crippen LogP contribution in [-0.2, 0) is 16.3 Å². The average molecular weight is 363 g/mol. The smallest absolute Gasteiger partial charge is 0.175 e. The van der Waals surface area contributed by atoms with E-state index in [1.165, 1.54) is 6.26 Å². The predicted octanol–water partition coefficient (Wildman–Crippen LogP) is 3.99. The summed E-state index contributed by atoms with van der Waals surface area (Å²) in [5.74, 6) is 1.52. The molecule has 0 spiro atoms. The molecule has 1 aliphatic heterocycles. The van der Waals surface area contributed by atoms with E-state index < -0.39 is 9.84 Å². The lowest BCUT2D eigenvalue weighted by atomic mass is 9.95. The van der Waals surface area contributed by atoms with Gasteiger partial charge in [0.2, 0.25) is 0 Å². The van der Waals surface area contributed by atoms with Crippen LogP contribution in [0, 0.1) is 0 Å². The van der Waals surface area contributed by atoms with Gasteiger partial charge in [-0.1, -0.05) is 24.3 Å². The van der Waals surface area contributed by atoms with Crippen LogP contribution in [0.2, 0.25) is 0 Å². The molecule has 0 bridgehead atoms. The van der Waals surface area contributed by atoms with E-state index in [-0.39, 0.29) is 4.90 Å². The van der Waals surface area contributed by atoms with Gasteiger partial charge >= 0.3 is 0 Å². The van der Waals surface area contributed by atoms with Gasteiger partial charge in [-0.15, -0.1) is 0 Å². The second-order valence-corrected chi connectivity index (χ2v) is 8.22. The lowest BCUT2D eigenvalue weighted by Gasteiger charge is -2.23. The monoisotopic (exact) mass is 363 g/mol. The molecule has 2 heterocycles. The van der Waals surface area contributed by atoms with Gasteiger partial charge in [-0.2, -0.15) is 0 Å². The third-order valence-corrected chi connectivity index (χ3v) is 5.47. The molecule has 130 valence electrons. The summed E-state index contributed by atoms with van der Waals surface area (Å²) in [4.78, 5) is 4.76. The summed E-state index contributed by atoms with van der Waals surface area (Å²) in [5.41, 5.74) is 3.76. The van der Waals surface area contributed by atoms with E-state index in [9.17, 15) is 8.42 Å². The fourth-order valence-corrected chi connectivity index (χ4v) is 3.66. The van der Waals surface area contributed by atoms with E-state index >= 15 is 0 Å². The first-order valence-electron chi connectivity index (χ1n) is 8.23. The van der Waals surface area contributed by atoms with Crippen LogP contribution in [0.15, 0.2) is 77.8 Å². The Hall–Kier alpha value is -2.92. The number of fused-ring (bicyclic) bond motifs is 1. The van der Waals surface area contributed by atoms with Crippen molar-refractivity contribution < 1.29 is 13.2 Å². The highest BCUT2D eigenvalue weighted by Gasteiger charge is 2.23. The van der Waals surface area contributed by atoms with E-state index in [0.717, 1.165) is 28.1 Å². The summed E-state index contributed by atoms with van der Waals surface area (Å²) < 4.78 is 29.6.